The number of guanidine groups is 1. The fraction of sp³-hybridized carbons (Fsp3) is 0.522. The summed E-state index contributed by atoms with van der Waals surface area (Å²) < 4.78 is 6.66. The van der Waals surface area contributed by atoms with E-state index in [2.05, 4.69) is 73.4 Å². The zero-order valence-electron chi connectivity index (χ0n) is 76.8. The third-order valence-electron chi connectivity index (χ3n) is 24.0. The molecular weight excluding hydrogens is 1790 g/mol. The maximum Gasteiger partial charge on any atom is 0.246 e. The van der Waals surface area contributed by atoms with Gasteiger partial charge in [0.05, 0.1) is 44.3 Å². The smallest absolute Gasteiger partial charge is 0.246 e. The van der Waals surface area contributed by atoms with Crippen molar-refractivity contribution in [2.75, 3.05) is 78.6 Å². The molecule has 16 amide bonds. The van der Waals surface area contributed by atoms with E-state index in [0.717, 1.165) is 36.1 Å². The fourth-order valence-electron chi connectivity index (χ4n) is 16.5. The lowest BCUT2D eigenvalue weighted by atomic mass is 9.98. The van der Waals surface area contributed by atoms with E-state index in [4.69, 9.17) is 27.3 Å². The van der Waals surface area contributed by atoms with Gasteiger partial charge in [0.15, 0.2) is 17.9 Å². The highest BCUT2D eigenvalue weighted by Crippen LogP contribution is 2.32. The lowest BCUT2D eigenvalue weighted by molar-refractivity contribution is -0.150. The Bertz CT molecular complexity index is 5210. The number of aromatic amines is 2. The molecular formula is C90H125N23O20S2. The summed E-state index contributed by atoms with van der Waals surface area (Å²) in [6.45, 7) is 5.68. The van der Waals surface area contributed by atoms with Crippen molar-refractivity contribution in [3.05, 3.63) is 119 Å². The molecule has 0 saturated carbocycles. The first-order valence-corrected chi connectivity index (χ1v) is 46.9. The average molecular weight is 1910 g/mol. The fourth-order valence-corrected chi connectivity index (χ4v) is 18.4. The number of ether oxygens (including phenoxy) is 1. The molecule has 0 radical (unpaired) electrons. The summed E-state index contributed by atoms with van der Waals surface area (Å²) in [6, 6.07) is -0.530. The highest BCUT2D eigenvalue weighted by molar-refractivity contribution is 8.00. The van der Waals surface area contributed by atoms with Gasteiger partial charge in [-0.15, -0.1) is 23.1 Å². The van der Waals surface area contributed by atoms with Crippen LogP contribution in [-0.2, 0) is 112 Å². The number of aldehydes is 1. The van der Waals surface area contributed by atoms with Crippen molar-refractivity contribution in [1.29, 1.82) is 5.41 Å². The molecule has 3 aliphatic rings. The standard InChI is InChI=1S/C90H125N23O20S2/c1-9-11-23-70-88(132)111(8)71(44-133-10-2)83(127)101-60(22-16-31-96-89(93)94)78(122)107-68(77(121)98-42-74(92)118)46-134-47-75(119)100-64(35-52-26-28-56(116)29-27-52)84(128)109(6)51(5)76(120)103-66(39-73(91)117)86(130)112-32-17-24-69(112)82(126)102-61(38-55-41-95-49-99-55)79(123)104-63(34-50(3)4)87(131)113-33-18-30-90(113,48-115)108-62(36-53-40-97-59-21-14-12-19-57(53)59)80(124)106-67(43-114)81(125)105-65(85(129)110(70)7)37-54-45-135-72-25-15-13-20-58(54)72/h12-15,19-21,25-29,40-41,45,48-51,60-71,97,108,114,116H,9-11,16-18,22-24,30-39,42-44,46-47H2,1-8H3,(H2,91,117)(H2,92,118)(H,95,99)(H,98,121)(H,100,119)(H,101,127)(H,102,126)(H,103,120)(H,104,123)(H,105,125)(H,106,124)(H,107,122)(H4,93,94,96)/t51-,60-,61-,62-,63-,64-,65-,66-,67-,68?,69-,70-,71-,90?/m0/s1. The molecule has 14 atom stereocenters. The van der Waals surface area contributed by atoms with Gasteiger partial charge in [-0.1, -0.05) is 82.1 Å². The van der Waals surface area contributed by atoms with Gasteiger partial charge in [-0.05, 0) is 129 Å². The number of aromatic nitrogens is 3. The number of nitrogens with zero attached hydrogens (tertiary/aromatic N) is 6. The summed E-state index contributed by atoms with van der Waals surface area (Å²) in [5, 5.41) is 62.2. The number of hydrogen-bond acceptors (Lipinski definition) is 25. The number of thioether (sulfide) groups is 1. The quantitative estimate of drug-likeness (QED) is 0.0111. The third-order valence-corrected chi connectivity index (χ3v) is 26.0. The zero-order valence-corrected chi connectivity index (χ0v) is 78.5. The van der Waals surface area contributed by atoms with Gasteiger partial charge >= 0.3 is 0 Å². The van der Waals surface area contributed by atoms with Gasteiger partial charge in [0.2, 0.25) is 94.5 Å². The van der Waals surface area contributed by atoms with E-state index in [-0.39, 0.29) is 115 Å². The first-order chi connectivity index (χ1) is 64.4. The van der Waals surface area contributed by atoms with Crippen LogP contribution in [-0.4, -0.2) is 319 Å². The number of amides is 16. The maximum absolute atomic E-state index is 15.8. The summed E-state index contributed by atoms with van der Waals surface area (Å²) in [4.78, 5) is 266. The second-order valence-corrected chi connectivity index (χ2v) is 36.2. The van der Waals surface area contributed by atoms with Gasteiger partial charge in [-0.2, -0.15) is 0 Å². The van der Waals surface area contributed by atoms with E-state index in [1.807, 2.05) is 25.1 Å². The molecule has 6 aromatic rings. The van der Waals surface area contributed by atoms with Crippen LogP contribution in [0.25, 0.3) is 21.0 Å². The molecule has 43 nitrogen and oxygen atoms in total. The molecule has 3 aromatic heterocycles. The number of fused-ring (bicyclic) bond motifs is 4. The van der Waals surface area contributed by atoms with Crippen molar-refractivity contribution in [3.8, 4) is 5.75 Å². The Labute approximate surface area is 788 Å². The summed E-state index contributed by atoms with van der Waals surface area (Å²) in [5.74, 6) is -17.1. The van der Waals surface area contributed by atoms with E-state index in [0.29, 0.717) is 57.8 Å². The average Bonchev–Trinajstić information content (AvgIpc) is 1.64. The Morgan fingerprint density at radius 1 is 0.637 bits per heavy atom. The second kappa shape index (κ2) is 50.3. The highest BCUT2D eigenvalue weighted by Gasteiger charge is 2.50. The molecule has 3 aliphatic heterocycles. The van der Waals surface area contributed by atoms with Crippen LogP contribution >= 0.6 is 23.1 Å². The van der Waals surface area contributed by atoms with Crippen LogP contribution in [0.15, 0.2) is 96.9 Å². The van der Waals surface area contributed by atoms with E-state index in [1.54, 1.807) is 62.7 Å². The number of aliphatic hydroxyl groups is 1. The Hall–Kier alpha value is -13.1. The SMILES string of the molecule is CCCC[C@H]1C(=O)N(C)[C@@H](COCC)C(=O)N[C@@H](CCCNC(=N)N)C(=O)NC(C(=O)NCC(N)=O)CSCC(=O)N[C@@H](Cc2ccc(O)cc2)C(=O)N(C)[C@@H](C)C(=O)N[C@@H](CC(N)=O)C(=O)N2CCC[C@H]2C(=O)N[C@@H](Cc2cnc[nH]2)C(=O)N[C@@H](CC(C)C)C(=O)N2CCCC2(C=O)N[C@@H](Cc2c[nH]c3ccccc23)C(=O)N[C@@H](CO)C(=O)N[C@@H](Cc2csc3ccccc23)C(=O)N1C. The molecule has 9 rings (SSSR count). The molecule has 135 heavy (non-hydrogen) atoms. The van der Waals surface area contributed by atoms with E-state index >= 15 is 33.6 Å². The number of phenols is 1. The molecule has 0 aliphatic carbocycles. The van der Waals surface area contributed by atoms with Crippen molar-refractivity contribution in [1.82, 2.24) is 97.9 Å². The van der Waals surface area contributed by atoms with Crippen LogP contribution in [0.4, 0.5) is 0 Å². The summed E-state index contributed by atoms with van der Waals surface area (Å²) in [7, 11) is 3.83. The number of unbranched alkanes of at least 4 members (excludes halogenated alkanes) is 1. The normalized spacial score (nSPS) is 24.7. The van der Waals surface area contributed by atoms with E-state index < -0.39 is 222 Å². The van der Waals surface area contributed by atoms with Gasteiger partial charge < -0.3 is 120 Å². The van der Waals surface area contributed by atoms with E-state index in [1.165, 1.54) is 81.1 Å². The Morgan fingerprint density at radius 3 is 1.95 bits per heavy atom. The molecule has 0 bridgehead atoms. The molecule has 3 fully saturated rings. The van der Waals surface area contributed by atoms with Crippen LogP contribution in [0.1, 0.15) is 128 Å². The van der Waals surface area contributed by atoms with Gasteiger partial charge in [0.1, 0.15) is 78.3 Å². The molecule has 3 aromatic carbocycles. The van der Waals surface area contributed by atoms with Crippen molar-refractivity contribution < 1.29 is 96.5 Å². The molecule has 6 heterocycles. The zero-order chi connectivity index (χ0) is 98.5. The Balaban J connectivity index is 1.12. The number of carbonyl (C=O) groups is 17. The van der Waals surface area contributed by atoms with Crippen LogP contribution in [0.2, 0.25) is 0 Å². The number of H-pyrrole nitrogens is 2. The molecule has 22 N–H and O–H groups in total. The predicted molar refractivity (Wildman–Crippen MR) is 499 cm³/mol. The van der Waals surface area contributed by atoms with Crippen LogP contribution in [0.3, 0.4) is 0 Å². The molecule has 3 saturated heterocycles. The number of nitrogens with two attached hydrogens (primary N) is 3. The number of phenolic OH excluding ortho intramolecular Hbond substituents is 1. The van der Waals surface area contributed by atoms with Crippen LogP contribution < -0.4 is 75.7 Å². The van der Waals surface area contributed by atoms with Crippen LogP contribution in [0, 0.1) is 11.3 Å². The molecule has 732 valence electrons. The minimum absolute atomic E-state index is 0.00792. The van der Waals surface area contributed by atoms with Crippen molar-refractivity contribution in [2.24, 2.45) is 23.1 Å². The Kier molecular flexibility index (Phi) is 39.3. The largest absolute Gasteiger partial charge is 0.508 e. The number of hydrogen-bond donors (Lipinski definition) is 19. The monoisotopic (exact) mass is 1910 g/mol. The predicted octanol–water partition coefficient (Wildman–Crippen LogP) is -2.32. The number of likely N-dealkylation sites (N-methyl/N-ethyl adjacent to an activating group) is 3. The number of primary amides is 2. The minimum atomic E-state index is -2.05. The summed E-state index contributed by atoms with van der Waals surface area (Å²) in [5.41, 5.74) is 17.2. The van der Waals surface area contributed by atoms with Gasteiger partial charge in [0.25, 0.3) is 0 Å². The number of nitrogens with one attached hydrogen (secondary N) is 14. The number of aromatic hydroxyl groups is 1. The van der Waals surface area contributed by atoms with Crippen molar-refractivity contribution >= 4 is 151 Å². The van der Waals surface area contributed by atoms with E-state index in [9.17, 15) is 58.2 Å². The number of rotatable bonds is 27. The Morgan fingerprint density at radius 2 is 1.27 bits per heavy atom. The van der Waals surface area contributed by atoms with Crippen molar-refractivity contribution in [2.45, 2.75) is 215 Å². The first-order valence-electron chi connectivity index (χ1n) is 44.9. The minimum Gasteiger partial charge on any atom is -0.508 e. The topological polar surface area (TPSA) is 635 Å². The van der Waals surface area contributed by atoms with Crippen LogP contribution in [0.5, 0.6) is 5.75 Å². The summed E-state index contributed by atoms with van der Waals surface area (Å²) >= 11 is 2.10. The molecule has 45 heteroatoms. The van der Waals surface area contributed by atoms with Gasteiger partial charge in [-0.25, -0.2) is 4.98 Å². The number of benzene rings is 3. The highest BCUT2D eigenvalue weighted by atomic mass is 32.2. The number of thiophene rings is 1. The number of imidazole rings is 1. The number of carbonyl (C=O) groups excluding carboxylic acids is 17. The lowest BCUT2D eigenvalue weighted by Crippen LogP contribution is -2.67. The maximum atomic E-state index is 15.8. The first kappa shape index (κ1) is 106. The third kappa shape index (κ3) is 28.9. The van der Waals surface area contributed by atoms with Gasteiger partial charge in [0, 0.05) is 106 Å². The lowest BCUT2D eigenvalue weighted by Gasteiger charge is -2.39. The molecule has 2 unspecified atom stereocenters. The number of aliphatic hydroxyl groups excluding tert-OH is 1. The second-order valence-electron chi connectivity index (χ2n) is 34.3. The molecule has 0 spiro atoms. The van der Waals surface area contributed by atoms with Crippen molar-refractivity contribution in [3.63, 3.8) is 0 Å². The summed E-state index contributed by atoms with van der Waals surface area (Å²) in [6.07, 6.45) is 3.65. The number of para-hydroxylation sites is 1. The van der Waals surface area contributed by atoms with Gasteiger partial charge in [-0.3, -0.25) is 92.2 Å².